The molecule has 0 saturated carbocycles. The number of hydrogen-bond acceptors (Lipinski definition) is 5. The molecule has 112 valence electrons. The third kappa shape index (κ3) is 2.88. The van der Waals surface area contributed by atoms with Crippen molar-refractivity contribution >= 4 is 22.6 Å². The second-order valence-electron chi connectivity index (χ2n) is 6.22. The molecule has 1 aliphatic heterocycles. The van der Waals surface area contributed by atoms with Crippen molar-refractivity contribution in [1.29, 1.82) is 0 Å². The Kier molecular flexibility index (Phi) is 3.85. The molecule has 1 atom stereocenters. The van der Waals surface area contributed by atoms with Gasteiger partial charge in [-0.2, -0.15) is 9.36 Å². The molecule has 1 aliphatic rings. The number of benzene rings is 1. The molecule has 0 amide bonds. The lowest BCUT2D eigenvalue weighted by Gasteiger charge is -2.40. The predicted molar refractivity (Wildman–Crippen MR) is 89.5 cm³/mol. The highest BCUT2D eigenvalue weighted by atomic mass is 32.1. The van der Waals surface area contributed by atoms with Gasteiger partial charge in [-0.05, 0) is 18.4 Å². The van der Waals surface area contributed by atoms with Gasteiger partial charge in [0, 0.05) is 44.1 Å². The number of nitrogens with zero attached hydrogens (tertiary/aromatic N) is 4. The minimum absolute atomic E-state index is 0.198. The van der Waals surface area contributed by atoms with E-state index < -0.39 is 0 Å². The maximum Gasteiger partial charge on any atom is 0.238 e. The Morgan fingerprint density at radius 3 is 2.67 bits per heavy atom. The van der Waals surface area contributed by atoms with Crippen LogP contribution in [0.3, 0.4) is 0 Å². The molecule has 2 aromatic rings. The molecule has 1 aromatic heterocycles. The third-order valence-corrected chi connectivity index (χ3v) is 5.01. The van der Waals surface area contributed by atoms with Gasteiger partial charge in [0.1, 0.15) is 0 Å². The van der Waals surface area contributed by atoms with Crippen LogP contribution in [0.2, 0.25) is 0 Å². The lowest BCUT2D eigenvalue weighted by molar-refractivity contribution is 0.373. The molecule has 0 spiro atoms. The Morgan fingerprint density at radius 2 is 2.00 bits per heavy atom. The molecule has 5 heteroatoms. The van der Waals surface area contributed by atoms with Crippen LogP contribution in [0.5, 0.6) is 0 Å². The lowest BCUT2D eigenvalue weighted by atomic mass is 9.76. The van der Waals surface area contributed by atoms with Gasteiger partial charge in [-0.25, -0.2) is 0 Å². The van der Waals surface area contributed by atoms with Crippen molar-refractivity contribution < 1.29 is 0 Å². The Labute approximate surface area is 130 Å². The predicted octanol–water partition coefficient (Wildman–Crippen LogP) is 3.16. The monoisotopic (exact) mass is 302 g/mol. The van der Waals surface area contributed by atoms with Crippen molar-refractivity contribution in [2.75, 3.05) is 37.0 Å². The van der Waals surface area contributed by atoms with Gasteiger partial charge in [0.25, 0.3) is 0 Å². The molecule has 2 heterocycles. The van der Waals surface area contributed by atoms with Crippen LogP contribution in [-0.4, -0.2) is 36.5 Å². The molecular weight excluding hydrogens is 280 g/mol. The van der Waals surface area contributed by atoms with Crippen molar-refractivity contribution in [3.05, 3.63) is 35.9 Å². The fourth-order valence-corrected chi connectivity index (χ4v) is 3.76. The first-order valence-corrected chi connectivity index (χ1v) is 8.17. The van der Waals surface area contributed by atoms with Gasteiger partial charge in [-0.3, -0.25) is 0 Å². The van der Waals surface area contributed by atoms with Crippen LogP contribution in [0.15, 0.2) is 30.3 Å². The molecule has 4 nitrogen and oxygen atoms in total. The van der Waals surface area contributed by atoms with Crippen molar-refractivity contribution in [3.8, 4) is 0 Å². The average molecular weight is 302 g/mol. The number of rotatable bonds is 3. The summed E-state index contributed by atoms with van der Waals surface area (Å²) in [7, 11) is 3.96. The van der Waals surface area contributed by atoms with Crippen LogP contribution in [-0.2, 0) is 5.41 Å². The van der Waals surface area contributed by atoms with Crippen LogP contribution >= 0.6 is 11.5 Å². The highest BCUT2D eigenvalue weighted by Crippen LogP contribution is 2.36. The molecule has 1 fully saturated rings. The van der Waals surface area contributed by atoms with E-state index in [-0.39, 0.29) is 5.41 Å². The van der Waals surface area contributed by atoms with Gasteiger partial charge in [-0.15, -0.1) is 0 Å². The maximum absolute atomic E-state index is 4.65. The molecule has 1 unspecified atom stereocenters. The maximum atomic E-state index is 4.65. The van der Waals surface area contributed by atoms with Crippen molar-refractivity contribution in [1.82, 2.24) is 9.36 Å². The van der Waals surface area contributed by atoms with E-state index in [9.17, 15) is 0 Å². The largest absolute Gasteiger partial charge is 0.346 e. The zero-order valence-electron chi connectivity index (χ0n) is 12.9. The van der Waals surface area contributed by atoms with E-state index in [0.717, 1.165) is 24.2 Å². The van der Waals surface area contributed by atoms with E-state index in [4.69, 9.17) is 0 Å². The van der Waals surface area contributed by atoms with Crippen molar-refractivity contribution in [3.63, 3.8) is 0 Å². The number of aromatic nitrogens is 2. The molecule has 0 N–H and O–H groups in total. The van der Waals surface area contributed by atoms with Gasteiger partial charge < -0.3 is 9.80 Å². The second-order valence-corrected chi connectivity index (χ2v) is 6.95. The van der Waals surface area contributed by atoms with Gasteiger partial charge in [0.15, 0.2) is 0 Å². The summed E-state index contributed by atoms with van der Waals surface area (Å²) < 4.78 is 4.43. The SMILES string of the molecule is CN(C)c1nsc(N2CCCC(C)(c3ccccc3)C2)n1. The van der Waals surface area contributed by atoms with Gasteiger partial charge >= 0.3 is 0 Å². The zero-order valence-corrected chi connectivity index (χ0v) is 13.7. The van der Waals surface area contributed by atoms with E-state index in [2.05, 4.69) is 51.5 Å². The first-order valence-electron chi connectivity index (χ1n) is 7.40. The molecular formula is C16H22N4S. The summed E-state index contributed by atoms with van der Waals surface area (Å²) in [5.74, 6) is 0.807. The van der Waals surface area contributed by atoms with E-state index in [0.29, 0.717) is 0 Å². The minimum atomic E-state index is 0.198. The molecule has 0 radical (unpaired) electrons. The summed E-state index contributed by atoms with van der Waals surface area (Å²) in [4.78, 5) is 9.00. The Balaban J connectivity index is 1.82. The Morgan fingerprint density at radius 1 is 1.24 bits per heavy atom. The lowest BCUT2D eigenvalue weighted by Crippen LogP contribution is -2.44. The molecule has 0 aliphatic carbocycles. The van der Waals surface area contributed by atoms with E-state index in [1.165, 1.54) is 29.9 Å². The summed E-state index contributed by atoms with van der Waals surface area (Å²) in [5, 5.41) is 1.04. The zero-order chi connectivity index (χ0) is 14.9. The van der Waals surface area contributed by atoms with Gasteiger partial charge in [0.05, 0.1) is 0 Å². The van der Waals surface area contributed by atoms with E-state index in [1.807, 2.05) is 19.0 Å². The Bertz CT molecular complexity index is 595. The number of piperidine rings is 1. The molecule has 21 heavy (non-hydrogen) atoms. The Hall–Kier alpha value is -1.62. The molecule has 3 rings (SSSR count). The van der Waals surface area contributed by atoms with Crippen LogP contribution in [0.1, 0.15) is 25.3 Å². The summed E-state index contributed by atoms with van der Waals surface area (Å²) in [6, 6.07) is 10.8. The minimum Gasteiger partial charge on any atom is -0.346 e. The van der Waals surface area contributed by atoms with Gasteiger partial charge in [0.2, 0.25) is 11.1 Å². The fraction of sp³-hybridized carbons (Fsp3) is 0.500. The van der Waals surface area contributed by atoms with Crippen LogP contribution in [0.4, 0.5) is 11.1 Å². The molecule has 1 saturated heterocycles. The number of anilines is 2. The molecule has 1 aromatic carbocycles. The van der Waals surface area contributed by atoms with Crippen molar-refractivity contribution in [2.24, 2.45) is 0 Å². The smallest absolute Gasteiger partial charge is 0.238 e. The highest BCUT2D eigenvalue weighted by Gasteiger charge is 2.33. The fourth-order valence-electron chi connectivity index (χ4n) is 3.00. The van der Waals surface area contributed by atoms with Crippen LogP contribution in [0, 0.1) is 0 Å². The average Bonchev–Trinajstić information content (AvgIpc) is 2.98. The number of hydrogen-bond donors (Lipinski definition) is 0. The first kappa shape index (κ1) is 14.3. The topological polar surface area (TPSA) is 32.3 Å². The van der Waals surface area contributed by atoms with Crippen molar-refractivity contribution in [2.45, 2.75) is 25.2 Å². The summed E-state index contributed by atoms with van der Waals surface area (Å²) >= 11 is 1.50. The standard InChI is InChI=1S/C16H22N4S/c1-16(13-8-5-4-6-9-13)10-7-11-20(12-16)15-17-14(18-21-15)19(2)3/h4-6,8-9H,7,10-12H2,1-3H3. The normalized spacial score (nSPS) is 22.3. The summed E-state index contributed by atoms with van der Waals surface area (Å²) in [6.07, 6.45) is 2.43. The van der Waals surface area contributed by atoms with Crippen LogP contribution in [0.25, 0.3) is 0 Å². The van der Waals surface area contributed by atoms with E-state index in [1.54, 1.807) is 0 Å². The molecule has 0 bridgehead atoms. The summed E-state index contributed by atoms with van der Waals surface area (Å²) in [5.41, 5.74) is 1.62. The second kappa shape index (κ2) is 5.64. The van der Waals surface area contributed by atoms with Gasteiger partial charge in [-0.1, -0.05) is 37.3 Å². The highest BCUT2D eigenvalue weighted by molar-refractivity contribution is 7.09. The first-order chi connectivity index (χ1) is 10.1. The summed E-state index contributed by atoms with van der Waals surface area (Å²) in [6.45, 7) is 4.45. The quantitative estimate of drug-likeness (QED) is 0.872. The van der Waals surface area contributed by atoms with Crippen LogP contribution < -0.4 is 9.80 Å². The van der Waals surface area contributed by atoms with E-state index >= 15 is 0 Å². The third-order valence-electron chi connectivity index (χ3n) is 4.24.